The summed E-state index contributed by atoms with van der Waals surface area (Å²) in [7, 11) is -4.43. The molecule has 0 amide bonds. The highest BCUT2D eigenvalue weighted by Gasteiger charge is 2.31. The predicted molar refractivity (Wildman–Crippen MR) is 64.8 cm³/mol. The first-order valence-corrected chi connectivity index (χ1v) is 7.15. The second kappa shape index (κ2) is 6.87. The van der Waals surface area contributed by atoms with E-state index >= 15 is 0 Å². The van der Waals surface area contributed by atoms with Crippen LogP contribution < -0.4 is 15.4 Å². The van der Waals surface area contributed by atoms with Crippen LogP contribution >= 0.6 is 0 Å². The Morgan fingerprint density at radius 2 is 2.05 bits per heavy atom. The van der Waals surface area contributed by atoms with Gasteiger partial charge in [0.25, 0.3) is 0 Å². The van der Waals surface area contributed by atoms with Gasteiger partial charge in [0.1, 0.15) is 6.33 Å². The maximum absolute atomic E-state index is 12.1. The van der Waals surface area contributed by atoms with Crippen molar-refractivity contribution in [2.75, 3.05) is 18.7 Å². The van der Waals surface area contributed by atoms with Crippen molar-refractivity contribution in [1.29, 1.82) is 0 Å². The van der Waals surface area contributed by atoms with Gasteiger partial charge in [-0.15, -0.1) is 0 Å². The molecule has 12 heteroatoms. The van der Waals surface area contributed by atoms with Gasteiger partial charge in [0.2, 0.25) is 15.9 Å². The zero-order chi connectivity index (χ0) is 16.1. The van der Waals surface area contributed by atoms with E-state index in [2.05, 4.69) is 20.2 Å². The molecule has 0 aliphatic carbocycles. The first kappa shape index (κ1) is 17.4. The third-order valence-corrected chi connectivity index (χ3v) is 2.84. The van der Waals surface area contributed by atoms with Gasteiger partial charge in [-0.1, -0.05) is 6.92 Å². The van der Waals surface area contributed by atoms with E-state index in [-0.39, 0.29) is 6.61 Å². The van der Waals surface area contributed by atoms with E-state index in [0.717, 1.165) is 6.33 Å². The molecule has 21 heavy (non-hydrogen) atoms. The summed E-state index contributed by atoms with van der Waals surface area (Å²) in [6, 6.07) is 0. The summed E-state index contributed by atoms with van der Waals surface area (Å²) in [5.74, 6) is -1.22. The molecular formula is C9H13F3N4O4S. The Hall–Kier alpha value is -1.66. The SMILES string of the molecule is CCCONc1ncnc(OCC(F)(F)F)c1S(N)(=O)=O. The standard InChI is InChI=1S/C9H13F3N4O4S/c1-2-3-20-16-7-6(21(13,17)18)8(15-5-14-7)19-4-9(10,11)12/h5H,2-4H2,1H3,(H2,13,17,18)(H,14,15,16). The molecule has 0 unspecified atom stereocenters. The fourth-order valence-corrected chi connectivity index (χ4v) is 1.88. The van der Waals surface area contributed by atoms with Crippen LogP contribution in [0.15, 0.2) is 11.2 Å². The molecule has 1 rings (SSSR count). The summed E-state index contributed by atoms with van der Waals surface area (Å²) in [5, 5.41) is 4.94. The first-order valence-electron chi connectivity index (χ1n) is 5.60. The number of hydrogen-bond donors (Lipinski definition) is 2. The van der Waals surface area contributed by atoms with Crippen LogP contribution in [0, 0.1) is 0 Å². The summed E-state index contributed by atoms with van der Waals surface area (Å²) < 4.78 is 63.7. The number of hydrogen-bond acceptors (Lipinski definition) is 7. The topological polar surface area (TPSA) is 116 Å². The maximum Gasteiger partial charge on any atom is 0.422 e. The van der Waals surface area contributed by atoms with Crippen LogP contribution in [-0.4, -0.2) is 37.8 Å². The third kappa shape index (κ3) is 5.69. The average molecular weight is 330 g/mol. The van der Waals surface area contributed by atoms with Gasteiger partial charge in [-0.2, -0.15) is 13.2 Å². The highest BCUT2D eigenvalue weighted by molar-refractivity contribution is 7.89. The molecule has 1 aromatic heterocycles. The Bertz CT molecular complexity index is 579. The number of anilines is 1. The average Bonchev–Trinajstić information content (AvgIpc) is 2.34. The Balaban J connectivity index is 3.10. The van der Waals surface area contributed by atoms with Crippen molar-refractivity contribution < 1.29 is 31.2 Å². The van der Waals surface area contributed by atoms with Gasteiger partial charge in [0.15, 0.2) is 17.3 Å². The summed E-state index contributed by atoms with van der Waals surface area (Å²) in [5.41, 5.74) is 2.19. The molecule has 0 radical (unpaired) electrons. The molecule has 0 atom stereocenters. The highest BCUT2D eigenvalue weighted by Crippen LogP contribution is 2.27. The Morgan fingerprint density at radius 1 is 1.38 bits per heavy atom. The second-order valence-corrected chi connectivity index (χ2v) is 5.25. The largest absolute Gasteiger partial charge is 0.467 e. The van der Waals surface area contributed by atoms with E-state index in [0.29, 0.717) is 6.42 Å². The number of ether oxygens (including phenoxy) is 1. The fraction of sp³-hybridized carbons (Fsp3) is 0.556. The van der Waals surface area contributed by atoms with Crippen molar-refractivity contribution >= 4 is 15.8 Å². The van der Waals surface area contributed by atoms with Gasteiger partial charge in [0.05, 0.1) is 6.61 Å². The van der Waals surface area contributed by atoms with Crippen LogP contribution in [0.1, 0.15) is 13.3 Å². The lowest BCUT2D eigenvalue weighted by Gasteiger charge is -2.14. The first-order chi connectivity index (χ1) is 9.65. The Morgan fingerprint density at radius 3 is 2.57 bits per heavy atom. The van der Waals surface area contributed by atoms with Gasteiger partial charge >= 0.3 is 6.18 Å². The van der Waals surface area contributed by atoms with E-state index in [1.165, 1.54) is 0 Å². The molecule has 0 aliphatic heterocycles. The summed E-state index contributed by atoms with van der Waals surface area (Å²) >= 11 is 0. The number of rotatable bonds is 7. The van der Waals surface area contributed by atoms with Crippen molar-refractivity contribution in [2.45, 2.75) is 24.4 Å². The monoisotopic (exact) mass is 330 g/mol. The molecule has 3 N–H and O–H groups in total. The van der Waals surface area contributed by atoms with E-state index in [4.69, 9.17) is 9.98 Å². The molecule has 1 aromatic rings. The van der Waals surface area contributed by atoms with Crippen molar-refractivity contribution in [2.24, 2.45) is 5.14 Å². The molecule has 0 aromatic carbocycles. The van der Waals surface area contributed by atoms with Crippen LogP contribution in [0.4, 0.5) is 19.0 Å². The third-order valence-electron chi connectivity index (χ3n) is 1.90. The van der Waals surface area contributed by atoms with Crippen LogP contribution in [0.5, 0.6) is 5.88 Å². The molecule has 0 fully saturated rings. The normalized spacial score (nSPS) is 12.2. The van der Waals surface area contributed by atoms with E-state index in [1.54, 1.807) is 6.92 Å². The maximum atomic E-state index is 12.1. The quantitative estimate of drug-likeness (QED) is 0.561. The van der Waals surface area contributed by atoms with Crippen LogP contribution in [0.3, 0.4) is 0 Å². The minimum absolute atomic E-state index is 0.215. The van der Waals surface area contributed by atoms with Crippen molar-refractivity contribution in [3.05, 3.63) is 6.33 Å². The van der Waals surface area contributed by atoms with Gasteiger partial charge in [-0.25, -0.2) is 29.0 Å². The number of primary sulfonamides is 1. The Labute approximate surface area is 118 Å². The summed E-state index contributed by atoms with van der Waals surface area (Å²) in [4.78, 5) is 11.0. The summed E-state index contributed by atoms with van der Waals surface area (Å²) in [6.07, 6.45) is -3.23. The van der Waals surface area contributed by atoms with Crippen molar-refractivity contribution in [3.63, 3.8) is 0 Å². The number of halogens is 3. The second-order valence-electron chi connectivity index (χ2n) is 3.76. The number of aromatic nitrogens is 2. The van der Waals surface area contributed by atoms with Gasteiger partial charge in [-0.05, 0) is 6.42 Å². The molecular weight excluding hydrogens is 317 g/mol. The van der Waals surface area contributed by atoms with Crippen LogP contribution in [0.25, 0.3) is 0 Å². The highest BCUT2D eigenvalue weighted by atomic mass is 32.2. The van der Waals surface area contributed by atoms with Gasteiger partial charge < -0.3 is 4.74 Å². The Kier molecular flexibility index (Phi) is 5.69. The van der Waals surface area contributed by atoms with Gasteiger partial charge in [0, 0.05) is 0 Å². The number of nitrogens with one attached hydrogen (secondary N) is 1. The number of alkyl halides is 3. The minimum Gasteiger partial charge on any atom is -0.467 e. The van der Waals surface area contributed by atoms with Crippen molar-refractivity contribution in [3.8, 4) is 5.88 Å². The molecule has 0 bridgehead atoms. The van der Waals surface area contributed by atoms with E-state index < -0.39 is 39.4 Å². The molecule has 0 saturated heterocycles. The zero-order valence-electron chi connectivity index (χ0n) is 10.8. The minimum atomic E-state index is -4.66. The summed E-state index contributed by atoms with van der Waals surface area (Å²) in [6.45, 7) is 0.286. The van der Waals surface area contributed by atoms with Crippen LogP contribution in [0.2, 0.25) is 0 Å². The fourth-order valence-electron chi connectivity index (χ4n) is 1.16. The van der Waals surface area contributed by atoms with E-state index in [1.807, 2.05) is 0 Å². The number of sulfonamides is 1. The lowest BCUT2D eigenvalue weighted by molar-refractivity contribution is -0.154. The number of nitrogens with two attached hydrogens (primary N) is 1. The molecule has 120 valence electrons. The molecule has 1 heterocycles. The zero-order valence-corrected chi connectivity index (χ0v) is 11.7. The van der Waals surface area contributed by atoms with Crippen molar-refractivity contribution in [1.82, 2.24) is 9.97 Å². The van der Waals surface area contributed by atoms with Gasteiger partial charge in [-0.3, -0.25) is 4.84 Å². The van der Waals surface area contributed by atoms with Crippen LogP contribution in [-0.2, 0) is 14.9 Å². The smallest absolute Gasteiger partial charge is 0.422 e. The lowest BCUT2D eigenvalue weighted by Crippen LogP contribution is -2.23. The molecule has 8 nitrogen and oxygen atoms in total. The van der Waals surface area contributed by atoms with E-state index in [9.17, 15) is 21.6 Å². The molecule has 0 spiro atoms. The molecule has 0 aliphatic rings. The molecule has 0 saturated carbocycles. The lowest BCUT2D eigenvalue weighted by atomic mass is 10.5. The number of nitrogens with zero attached hydrogens (tertiary/aromatic N) is 2. The predicted octanol–water partition coefficient (Wildman–Crippen LogP) is 0.819.